The Balaban J connectivity index is 1.31. The van der Waals surface area contributed by atoms with Gasteiger partial charge in [0, 0.05) is 50.2 Å². The minimum atomic E-state index is 0.368. The summed E-state index contributed by atoms with van der Waals surface area (Å²) in [6, 6.07) is 53.8. The summed E-state index contributed by atoms with van der Waals surface area (Å²) in [4.78, 5) is 5.03. The maximum absolute atomic E-state index is 2.55. The lowest BCUT2D eigenvalue weighted by atomic mass is 9.95. The minimum absolute atomic E-state index is 0.368. The van der Waals surface area contributed by atoms with Gasteiger partial charge in [0.15, 0.2) is 0 Å². The summed E-state index contributed by atoms with van der Waals surface area (Å²) in [6.45, 7) is 9.02. The molecule has 7 aromatic carbocycles. The molecule has 0 amide bonds. The van der Waals surface area contributed by atoms with Crippen molar-refractivity contribution in [1.29, 1.82) is 0 Å². The van der Waals surface area contributed by atoms with Crippen molar-refractivity contribution in [3.05, 3.63) is 186 Å². The molecule has 1 unspecified atom stereocenters. The molecule has 11 rings (SSSR count). The zero-order chi connectivity index (χ0) is 37.7. The van der Waals surface area contributed by atoms with Crippen LogP contribution in [0.4, 0.5) is 28.4 Å². The fourth-order valence-electron chi connectivity index (χ4n) is 9.63. The SMILES string of the molecule is Cc1ccccc1N(C1=CC=CCC1C)c1ccc2c3c1c1ccccc1n3c1ccc(N(c3ccccc3C)c3ccccc3C)c3c4ccccc4n2c31. The van der Waals surface area contributed by atoms with Gasteiger partial charge in [-0.05, 0) is 105 Å². The maximum atomic E-state index is 2.55. The highest BCUT2D eigenvalue weighted by molar-refractivity contribution is 6.27. The third-order valence-electron chi connectivity index (χ3n) is 12.2. The summed E-state index contributed by atoms with van der Waals surface area (Å²) in [5, 5.41) is 5.02. The number of aromatic nitrogens is 2. The zero-order valence-corrected chi connectivity index (χ0v) is 32.2. The van der Waals surface area contributed by atoms with Crippen LogP contribution in [0.15, 0.2) is 170 Å². The number of nitrogens with zero attached hydrogens (tertiary/aromatic N) is 4. The van der Waals surface area contributed by atoms with Crippen LogP contribution in [0.3, 0.4) is 0 Å². The van der Waals surface area contributed by atoms with Gasteiger partial charge in [-0.15, -0.1) is 0 Å². The van der Waals surface area contributed by atoms with Crippen LogP contribution in [0.25, 0.3) is 54.6 Å². The molecule has 4 nitrogen and oxygen atoms in total. The van der Waals surface area contributed by atoms with Crippen molar-refractivity contribution in [3.8, 4) is 0 Å². The largest absolute Gasteiger partial charge is 0.313 e. The highest BCUT2D eigenvalue weighted by Crippen LogP contribution is 2.50. The number of anilines is 5. The lowest BCUT2D eigenvalue weighted by Gasteiger charge is -2.34. The fraction of sp³-hybridized carbons (Fsp3) is 0.115. The Kier molecular flexibility index (Phi) is 7.21. The first-order valence-electron chi connectivity index (χ1n) is 19.8. The molecule has 0 saturated heterocycles. The van der Waals surface area contributed by atoms with E-state index in [2.05, 4.69) is 210 Å². The Bertz CT molecular complexity index is 3200. The number of aryl methyl sites for hydroxylation is 3. The van der Waals surface area contributed by atoms with Crippen LogP contribution < -0.4 is 9.80 Å². The summed E-state index contributed by atoms with van der Waals surface area (Å²) < 4.78 is 5.10. The van der Waals surface area contributed by atoms with Crippen LogP contribution in [0.1, 0.15) is 30.0 Å². The molecule has 0 N–H and O–H groups in total. The summed E-state index contributed by atoms with van der Waals surface area (Å²) in [7, 11) is 0. The topological polar surface area (TPSA) is 15.3 Å². The summed E-state index contributed by atoms with van der Waals surface area (Å²) in [5.41, 5.74) is 18.3. The maximum Gasteiger partial charge on any atom is 0.0804 e. The Morgan fingerprint density at radius 3 is 1.36 bits per heavy atom. The number of benzene rings is 7. The van der Waals surface area contributed by atoms with Gasteiger partial charge in [0.2, 0.25) is 0 Å². The number of para-hydroxylation sites is 5. The predicted octanol–water partition coefficient (Wildman–Crippen LogP) is 14.3. The van der Waals surface area contributed by atoms with Gasteiger partial charge in [-0.25, -0.2) is 0 Å². The Morgan fingerprint density at radius 1 is 0.446 bits per heavy atom. The molecular weight excluding hydrogens is 681 g/mol. The highest BCUT2D eigenvalue weighted by atomic mass is 15.2. The molecule has 0 spiro atoms. The molecule has 0 bridgehead atoms. The van der Waals surface area contributed by atoms with Crippen molar-refractivity contribution in [3.63, 3.8) is 0 Å². The van der Waals surface area contributed by atoms with Crippen molar-refractivity contribution in [2.45, 2.75) is 34.1 Å². The van der Waals surface area contributed by atoms with Gasteiger partial charge >= 0.3 is 0 Å². The van der Waals surface area contributed by atoms with Crippen LogP contribution >= 0.6 is 0 Å². The van der Waals surface area contributed by atoms with E-state index in [4.69, 9.17) is 0 Å². The van der Waals surface area contributed by atoms with Crippen molar-refractivity contribution in [1.82, 2.24) is 8.80 Å². The van der Waals surface area contributed by atoms with E-state index < -0.39 is 0 Å². The normalized spacial score (nSPS) is 14.6. The molecule has 0 radical (unpaired) electrons. The van der Waals surface area contributed by atoms with E-state index >= 15 is 0 Å². The van der Waals surface area contributed by atoms with Gasteiger partial charge in [-0.2, -0.15) is 0 Å². The van der Waals surface area contributed by atoms with Crippen LogP contribution in [0.2, 0.25) is 0 Å². The Labute approximate surface area is 326 Å². The number of allylic oxidation sites excluding steroid dienone is 4. The van der Waals surface area contributed by atoms with Crippen LogP contribution in [-0.2, 0) is 0 Å². The van der Waals surface area contributed by atoms with Crippen LogP contribution in [0.5, 0.6) is 0 Å². The third kappa shape index (κ3) is 4.53. The number of hydrogen-bond donors (Lipinski definition) is 0. The molecule has 0 saturated carbocycles. The van der Waals surface area contributed by atoms with Gasteiger partial charge in [-0.3, -0.25) is 0 Å². The van der Waals surface area contributed by atoms with Crippen LogP contribution in [-0.4, -0.2) is 8.80 Å². The summed E-state index contributed by atoms with van der Waals surface area (Å²) in [5.74, 6) is 0.368. The number of fused-ring (bicyclic) bond motifs is 8. The molecule has 4 heteroatoms. The van der Waals surface area contributed by atoms with E-state index in [0.29, 0.717) is 5.92 Å². The lowest BCUT2D eigenvalue weighted by molar-refractivity contribution is 0.670. The van der Waals surface area contributed by atoms with E-state index in [1.807, 2.05) is 0 Å². The van der Waals surface area contributed by atoms with Gasteiger partial charge < -0.3 is 18.6 Å². The molecule has 56 heavy (non-hydrogen) atoms. The van der Waals surface area contributed by atoms with Crippen molar-refractivity contribution in [2.75, 3.05) is 9.80 Å². The predicted molar refractivity (Wildman–Crippen MR) is 238 cm³/mol. The average Bonchev–Trinajstić information content (AvgIpc) is 3.76. The average molecular weight is 723 g/mol. The smallest absolute Gasteiger partial charge is 0.0804 e. The lowest BCUT2D eigenvalue weighted by Crippen LogP contribution is -2.23. The standard InChI is InChI=1S/C52H42N4/c1-33-17-5-11-23-39(33)53(40-24-12-6-18-34(40)2)45-29-31-47-51-49(45)37-21-9-15-27-43(37)55(51)48-32-30-46(50-38-22-10-16-28-44(38)56(47)52(48)50)54(41-25-13-7-19-35(41)3)42-26-14-8-20-36(42)4/h5-19,21-32,36H,20H2,1-4H3. The van der Waals surface area contributed by atoms with Crippen molar-refractivity contribution < 1.29 is 0 Å². The van der Waals surface area contributed by atoms with E-state index in [0.717, 1.165) is 6.42 Å². The molecular formula is C52H42N4. The number of hydrogen-bond acceptors (Lipinski definition) is 2. The second kappa shape index (κ2) is 12.4. The molecule has 1 aliphatic rings. The van der Waals surface area contributed by atoms with Gasteiger partial charge in [0.05, 0.1) is 44.5 Å². The van der Waals surface area contributed by atoms with E-state index in [-0.39, 0.29) is 0 Å². The van der Waals surface area contributed by atoms with Crippen LogP contribution in [0, 0.1) is 26.7 Å². The van der Waals surface area contributed by atoms with E-state index in [1.54, 1.807) is 0 Å². The Hall–Kier alpha value is -6.78. The molecule has 0 fully saturated rings. The first kappa shape index (κ1) is 32.6. The molecule has 0 aliphatic heterocycles. The van der Waals surface area contributed by atoms with Crippen molar-refractivity contribution in [2.24, 2.45) is 5.92 Å². The zero-order valence-electron chi connectivity index (χ0n) is 32.2. The van der Waals surface area contributed by atoms with Gasteiger partial charge in [0.25, 0.3) is 0 Å². The second-order valence-corrected chi connectivity index (χ2v) is 15.5. The molecule has 10 aromatic rings. The van der Waals surface area contributed by atoms with E-state index in [9.17, 15) is 0 Å². The molecule has 3 heterocycles. The minimum Gasteiger partial charge on any atom is -0.313 e. The summed E-state index contributed by atoms with van der Waals surface area (Å²) >= 11 is 0. The second-order valence-electron chi connectivity index (χ2n) is 15.5. The first-order valence-corrected chi connectivity index (χ1v) is 19.8. The quantitative estimate of drug-likeness (QED) is 0.159. The molecule has 3 aromatic heterocycles. The molecule has 1 aliphatic carbocycles. The molecule has 270 valence electrons. The number of rotatable bonds is 6. The first-order chi connectivity index (χ1) is 27.5. The Morgan fingerprint density at radius 2 is 0.875 bits per heavy atom. The molecule has 1 atom stereocenters. The highest BCUT2D eigenvalue weighted by Gasteiger charge is 2.30. The fourth-order valence-corrected chi connectivity index (χ4v) is 9.63. The van der Waals surface area contributed by atoms with Gasteiger partial charge in [0.1, 0.15) is 0 Å². The van der Waals surface area contributed by atoms with Gasteiger partial charge in [-0.1, -0.05) is 110 Å². The van der Waals surface area contributed by atoms with Crippen molar-refractivity contribution >= 4 is 83.1 Å². The monoisotopic (exact) mass is 722 g/mol. The van der Waals surface area contributed by atoms with E-state index in [1.165, 1.54) is 105 Å². The summed E-state index contributed by atoms with van der Waals surface area (Å²) in [6.07, 6.45) is 7.86. The third-order valence-corrected chi connectivity index (χ3v) is 12.2.